The molecule has 0 aromatic rings. The molecule has 1 aliphatic rings. The molecule has 5 heteroatoms. The molecule has 2 atom stereocenters. The number of carbonyl (C=O) groups excluding carboxylic acids is 1. The van der Waals surface area contributed by atoms with Gasteiger partial charge in [-0.2, -0.15) is 0 Å². The van der Waals surface area contributed by atoms with Crippen LogP contribution < -0.4 is 0 Å². The Morgan fingerprint density at radius 1 is 1.33 bits per heavy atom. The van der Waals surface area contributed by atoms with Crippen molar-refractivity contribution in [3.05, 3.63) is 0 Å². The first kappa shape index (κ1) is 13.8. The summed E-state index contributed by atoms with van der Waals surface area (Å²) >= 11 is 4.65. The molecule has 15 heavy (non-hydrogen) atoms. The predicted octanol–water partition coefficient (Wildman–Crippen LogP) is 3.23. The van der Waals surface area contributed by atoms with E-state index in [2.05, 4.69) is 45.2 Å². The molecule has 0 bridgehead atoms. The van der Waals surface area contributed by atoms with Gasteiger partial charge in [0, 0.05) is 20.9 Å². The molecule has 88 valence electrons. The standard InChI is InChI=1S/C10H17I2NO2/c1-10(2,3)15-9(14)13-7(5-11)4-8(13)6-12/h7-8H,4-6H2,1-3H3. The highest BCUT2D eigenvalue weighted by Crippen LogP contribution is 2.30. The third-order valence-corrected chi connectivity index (χ3v) is 4.32. The first-order chi connectivity index (χ1) is 6.89. The fourth-order valence-electron chi connectivity index (χ4n) is 1.59. The summed E-state index contributed by atoms with van der Waals surface area (Å²) in [5.74, 6) is 0. The monoisotopic (exact) mass is 437 g/mol. The quantitative estimate of drug-likeness (QED) is 0.491. The van der Waals surface area contributed by atoms with Crippen molar-refractivity contribution in [2.24, 2.45) is 0 Å². The van der Waals surface area contributed by atoms with E-state index in [9.17, 15) is 4.79 Å². The summed E-state index contributed by atoms with van der Waals surface area (Å²) in [5.41, 5.74) is -0.391. The lowest BCUT2D eigenvalue weighted by Gasteiger charge is -2.47. The lowest BCUT2D eigenvalue weighted by atomic mass is 9.97. The number of halogens is 2. The predicted molar refractivity (Wildman–Crippen MR) is 78.0 cm³/mol. The number of rotatable bonds is 2. The largest absolute Gasteiger partial charge is 0.444 e. The van der Waals surface area contributed by atoms with Crippen LogP contribution in [0.4, 0.5) is 4.79 Å². The van der Waals surface area contributed by atoms with Crippen molar-refractivity contribution in [1.82, 2.24) is 4.90 Å². The summed E-state index contributed by atoms with van der Waals surface area (Å²) in [6.45, 7) is 5.72. The Hall–Kier alpha value is 0.730. The summed E-state index contributed by atoms with van der Waals surface area (Å²) in [6, 6.07) is 0.750. The highest BCUT2D eigenvalue weighted by atomic mass is 127. The number of amides is 1. The minimum atomic E-state index is -0.391. The van der Waals surface area contributed by atoms with E-state index in [-0.39, 0.29) is 6.09 Å². The van der Waals surface area contributed by atoms with Crippen LogP contribution in [-0.4, -0.2) is 37.5 Å². The molecule has 1 saturated heterocycles. The van der Waals surface area contributed by atoms with Crippen molar-refractivity contribution in [3.8, 4) is 0 Å². The minimum absolute atomic E-state index is 0.155. The van der Waals surface area contributed by atoms with E-state index in [0.29, 0.717) is 12.1 Å². The topological polar surface area (TPSA) is 29.5 Å². The van der Waals surface area contributed by atoms with Crippen molar-refractivity contribution in [1.29, 1.82) is 0 Å². The fourth-order valence-corrected chi connectivity index (χ4v) is 3.16. The van der Waals surface area contributed by atoms with Gasteiger partial charge in [0.25, 0.3) is 0 Å². The van der Waals surface area contributed by atoms with Crippen LogP contribution in [0.3, 0.4) is 0 Å². The average Bonchev–Trinajstić information content (AvgIpc) is 1.99. The molecule has 1 amide bonds. The number of ether oxygens (including phenoxy) is 1. The molecule has 1 aliphatic heterocycles. The highest BCUT2D eigenvalue weighted by Gasteiger charge is 2.42. The van der Waals surface area contributed by atoms with Crippen LogP contribution in [0.25, 0.3) is 0 Å². The van der Waals surface area contributed by atoms with Gasteiger partial charge in [0.1, 0.15) is 5.60 Å². The zero-order chi connectivity index (χ0) is 11.6. The van der Waals surface area contributed by atoms with E-state index >= 15 is 0 Å². The molecule has 0 aromatic heterocycles. The zero-order valence-electron chi connectivity index (χ0n) is 9.30. The van der Waals surface area contributed by atoms with Crippen molar-refractivity contribution >= 4 is 51.3 Å². The Morgan fingerprint density at radius 2 is 1.80 bits per heavy atom. The van der Waals surface area contributed by atoms with Crippen LogP contribution in [0.5, 0.6) is 0 Å². The van der Waals surface area contributed by atoms with E-state index in [1.54, 1.807) is 0 Å². The molecule has 0 spiro atoms. The van der Waals surface area contributed by atoms with Crippen LogP contribution in [0.15, 0.2) is 0 Å². The van der Waals surface area contributed by atoms with Gasteiger partial charge < -0.3 is 9.64 Å². The van der Waals surface area contributed by atoms with Crippen molar-refractivity contribution < 1.29 is 9.53 Å². The van der Waals surface area contributed by atoms with Gasteiger partial charge in [-0.15, -0.1) is 0 Å². The maximum absolute atomic E-state index is 11.9. The van der Waals surface area contributed by atoms with Gasteiger partial charge in [-0.3, -0.25) is 0 Å². The van der Waals surface area contributed by atoms with Crippen LogP contribution >= 0.6 is 45.2 Å². The van der Waals surface area contributed by atoms with Crippen LogP contribution in [0.2, 0.25) is 0 Å². The maximum Gasteiger partial charge on any atom is 0.410 e. The van der Waals surface area contributed by atoms with Crippen molar-refractivity contribution in [2.45, 2.75) is 44.9 Å². The highest BCUT2D eigenvalue weighted by molar-refractivity contribution is 14.1. The SMILES string of the molecule is CC(C)(C)OC(=O)N1C(CI)CC1CI. The molecule has 2 unspecified atom stereocenters. The number of likely N-dealkylation sites (tertiary alicyclic amines) is 1. The summed E-state index contributed by atoms with van der Waals surface area (Å²) < 4.78 is 7.37. The van der Waals surface area contributed by atoms with E-state index in [4.69, 9.17) is 4.74 Å². The lowest BCUT2D eigenvalue weighted by molar-refractivity contribution is -0.0189. The summed E-state index contributed by atoms with van der Waals surface area (Å²) in [4.78, 5) is 13.8. The van der Waals surface area contributed by atoms with E-state index < -0.39 is 5.60 Å². The molecule has 0 aromatic carbocycles. The molecule has 0 N–H and O–H groups in total. The summed E-state index contributed by atoms with van der Waals surface area (Å²) in [6.07, 6.45) is 0.961. The normalized spacial score (nSPS) is 26.1. The van der Waals surface area contributed by atoms with Gasteiger partial charge in [-0.05, 0) is 27.2 Å². The van der Waals surface area contributed by atoms with Gasteiger partial charge in [0.15, 0.2) is 0 Å². The van der Waals surface area contributed by atoms with Crippen LogP contribution in [-0.2, 0) is 4.74 Å². The Morgan fingerprint density at radius 3 is 2.13 bits per heavy atom. The number of hydrogen-bond donors (Lipinski definition) is 0. The van der Waals surface area contributed by atoms with E-state index in [1.807, 2.05) is 25.7 Å². The van der Waals surface area contributed by atoms with Crippen LogP contribution in [0.1, 0.15) is 27.2 Å². The summed E-state index contributed by atoms with van der Waals surface area (Å²) in [7, 11) is 0. The van der Waals surface area contributed by atoms with Gasteiger partial charge in [-0.25, -0.2) is 4.79 Å². The second kappa shape index (κ2) is 5.37. The summed E-state index contributed by atoms with van der Waals surface area (Å²) in [5, 5.41) is 0. The molecule has 0 saturated carbocycles. The third-order valence-electron chi connectivity index (χ3n) is 2.29. The molecule has 3 nitrogen and oxygen atoms in total. The minimum Gasteiger partial charge on any atom is -0.444 e. The molecule has 1 rings (SSSR count). The Bertz CT molecular complexity index is 230. The lowest BCUT2D eigenvalue weighted by Crippen LogP contribution is -2.61. The van der Waals surface area contributed by atoms with Crippen molar-refractivity contribution in [2.75, 3.05) is 8.86 Å². The Kier molecular flexibility index (Phi) is 4.94. The molecule has 1 fully saturated rings. The molecular weight excluding hydrogens is 420 g/mol. The van der Waals surface area contributed by atoms with Crippen LogP contribution in [0, 0.1) is 0 Å². The first-order valence-electron chi connectivity index (χ1n) is 5.02. The maximum atomic E-state index is 11.9. The zero-order valence-corrected chi connectivity index (χ0v) is 13.6. The fraction of sp³-hybridized carbons (Fsp3) is 0.900. The molecule has 0 radical (unpaired) electrons. The van der Waals surface area contributed by atoms with Gasteiger partial charge in [-0.1, -0.05) is 45.2 Å². The Balaban J connectivity index is 2.56. The molecular formula is C10H17I2NO2. The Labute approximate surface area is 119 Å². The second-order valence-electron chi connectivity index (χ2n) is 4.74. The van der Waals surface area contributed by atoms with Gasteiger partial charge >= 0.3 is 6.09 Å². The molecule has 1 heterocycles. The second-order valence-corrected chi connectivity index (χ2v) is 6.50. The van der Waals surface area contributed by atoms with Gasteiger partial charge in [0.05, 0.1) is 0 Å². The first-order valence-corrected chi connectivity index (χ1v) is 8.07. The van der Waals surface area contributed by atoms with Gasteiger partial charge in [0.2, 0.25) is 0 Å². The number of hydrogen-bond acceptors (Lipinski definition) is 2. The number of alkyl halides is 2. The number of nitrogens with zero attached hydrogens (tertiary/aromatic N) is 1. The van der Waals surface area contributed by atoms with Crippen molar-refractivity contribution in [3.63, 3.8) is 0 Å². The van der Waals surface area contributed by atoms with E-state index in [1.165, 1.54) is 0 Å². The smallest absolute Gasteiger partial charge is 0.410 e. The average molecular weight is 437 g/mol. The number of carbonyl (C=O) groups is 1. The van der Waals surface area contributed by atoms with E-state index in [0.717, 1.165) is 15.3 Å². The molecule has 0 aliphatic carbocycles. The third kappa shape index (κ3) is 3.61.